The van der Waals surface area contributed by atoms with E-state index >= 15 is 0 Å². The molecule has 0 spiro atoms. The molecule has 12 heavy (non-hydrogen) atoms. The van der Waals surface area contributed by atoms with Crippen LogP contribution in [0.3, 0.4) is 0 Å². The van der Waals surface area contributed by atoms with E-state index in [4.69, 9.17) is 5.73 Å². The average Bonchev–Trinajstić information content (AvgIpc) is 2.07. The van der Waals surface area contributed by atoms with E-state index in [2.05, 4.69) is 13.8 Å². The summed E-state index contributed by atoms with van der Waals surface area (Å²) in [5.74, 6) is 2.49. The highest BCUT2D eigenvalue weighted by atomic mass is 14.6. The summed E-state index contributed by atoms with van der Waals surface area (Å²) < 4.78 is 0. The van der Waals surface area contributed by atoms with Crippen molar-refractivity contribution in [3.05, 3.63) is 0 Å². The lowest BCUT2D eigenvalue weighted by atomic mass is 9.75. The third kappa shape index (κ3) is 2.48. The van der Waals surface area contributed by atoms with Crippen molar-refractivity contribution in [2.45, 2.75) is 46.0 Å². The minimum atomic E-state index is 0.776. The van der Waals surface area contributed by atoms with E-state index in [1.807, 2.05) is 0 Å². The van der Waals surface area contributed by atoms with Crippen LogP contribution < -0.4 is 5.73 Å². The number of hydrogen-bond donors (Lipinski definition) is 1. The van der Waals surface area contributed by atoms with Crippen LogP contribution in [0.25, 0.3) is 0 Å². The molecule has 0 bridgehead atoms. The van der Waals surface area contributed by atoms with Crippen molar-refractivity contribution in [2.24, 2.45) is 23.5 Å². The van der Waals surface area contributed by atoms with Crippen LogP contribution in [0.1, 0.15) is 46.0 Å². The normalized spacial score (nSPS) is 23.0. The molecule has 72 valence electrons. The van der Waals surface area contributed by atoms with E-state index in [9.17, 15) is 0 Å². The maximum absolute atomic E-state index is 5.80. The topological polar surface area (TPSA) is 26.0 Å². The second-order valence-corrected chi connectivity index (χ2v) is 4.54. The van der Waals surface area contributed by atoms with E-state index in [0.717, 1.165) is 24.3 Å². The van der Waals surface area contributed by atoms with E-state index in [1.54, 1.807) is 0 Å². The van der Waals surface area contributed by atoms with Crippen LogP contribution in [0.5, 0.6) is 0 Å². The lowest BCUT2D eigenvalue weighted by Gasteiger charge is -2.32. The van der Waals surface area contributed by atoms with Crippen LogP contribution in [0.4, 0.5) is 0 Å². The van der Waals surface area contributed by atoms with Crippen molar-refractivity contribution in [1.29, 1.82) is 0 Å². The van der Waals surface area contributed by atoms with Crippen molar-refractivity contribution in [3.8, 4) is 0 Å². The minimum absolute atomic E-state index is 0.776. The van der Waals surface area contributed by atoms with Crippen LogP contribution in [0.2, 0.25) is 0 Å². The lowest BCUT2D eigenvalue weighted by Crippen LogP contribution is -2.29. The summed E-state index contributed by atoms with van der Waals surface area (Å²) in [6.07, 6.45) is 7.19. The van der Waals surface area contributed by atoms with Gasteiger partial charge in [0.2, 0.25) is 0 Å². The van der Waals surface area contributed by atoms with Gasteiger partial charge in [-0.3, -0.25) is 0 Å². The van der Waals surface area contributed by atoms with Gasteiger partial charge in [-0.25, -0.2) is 0 Å². The molecule has 0 unspecified atom stereocenters. The highest BCUT2D eigenvalue weighted by Crippen LogP contribution is 2.33. The Morgan fingerprint density at radius 3 is 2.17 bits per heavy atom. The number of hydrogen-bond acceptors (Lipinski definition) is 1. The quantitative estimate of drug-likeness (QED) is 0.690. The molecule has 0 radical (unpaired) electrons. The zero-order valence-corrected chi connectivity index (χ0v) is 8.55. The van der Waals surface area contributed by atoms with Crippen molar-refractivity contribution >= 4 is 0 Å². The van der Waals surface area contributed by atoms with Crippen LogP contribution in [-0.2, 0) is 0 Å². The molecule has 0 aromatic rings. The summed E-state index contributed by atoms with van der Waals surface area (Å²) in [7, 11) is 0. The Balaban J connectivity index is 2.40. The fourth-order valence-corrected chi connectivity index (χ4v) is 2.57. The molecule has 1 heteroatoms. The van der Waals surface area contributed by atoms with Gasteiger partial charge in [-0.1, -0.05) is 46.0 Å². The summed E-state index contributed by atoms with van der Waals surface area (Å²) in [6.45, 7) is 5.51. The van der Waals surface area contributed by atoms with Gasteiger partial charge < -0.3 is 5.73 Å². The largest absolute Gasteiger partial charge is 0.330 e. The van der Waals surface area contributed by atoms with Gasteiger partial charge in [0.15, 0.2) is 0 Å². The molecule has 1 fully saturated rings. The molecule has 0 amide bonds. The molecular formula is C11H23N. The van der Waals surface area contributed by atoms with Gasteiger partial charge in [-0.2, -0.15) is 0 Å². The molecule has 0 heterocycles. The molecule has 1 aliphatic carbocycles. The summed E-state index contributed by atoms with van der Waals surface area (Å²) in [5, 5.41) is 0. The van der Waals surface area contributed by atoms with Crippen LogP contribution >= 0.6 is 0 Å². The van der Waals surface area contributed by atoms with Crippen molar-refractivity contribution in [2.75, 3.05) is 6.54 Å². The molecule has 1 saturated carbocycles. The van der Waals surface area contributed by atoms with Crippen molar-refractivity contribution < 1.29 is 0 Å². The first kappa shape index (κ1) is 10.0. The fourth-order valence-electron chi connectivity index (χ4n) is 2.57. The molecule has 0 aromatic heterocycles. The molecule has 0 aliphatic heterocycles. The summed E-state index contributed by atoms with van der Waals surface area (Å²) in [6, 6.07) is 0. The Morgan fingerprint density at radius 1 is 1.17 bits per heavy atom. The Hall–Kier alpha value is -0.0400. The zero-order valence-electron chi connectivity index (χ0n) is 8.55. The molecule has 1 rings (SSSR count). The molecule has 1 nitrogen and oxygen atoms in total. The first-order chi connectivity index (χ1) is 5.75. The van der Waals surface area contributed by atoms with Gasteiger partial charge in [-0.05, 0) is 24.3 Å². The maximum atomic E-state index is 5.80. The van der Waals surface area contributed by atoms with Gasteiger partial charge in [0, 0.05) is 0 Å². The van der Waals surface area contributed by atoms with Gasteiger partial charge in [0.05, 0.1) is 0 Å². The summed E-state index contributed by atoms with van der Waals surface area (Å²) in [4.78, 5) is 0. The highest BCUT2D eigenvalue weighted by Gasteiger charge is 2.24. The second-order valence-electron chi connectivity index (χ2n) is 4.54. The van der Waals surface area contributed by atoms with Crippen molar-refractivity contribution in [1.82, 2.24) is 0 Å². The molecule has 1 atom stereocenters. The molecule has 2 N–H and O–H groups in total. The first-order valence-electron chi connectivity index (χ1n) is 5.45. The predicted octanol–water partition coefficient (Wildman–Crippen LogP) is 2.80. The first-order valence-corrected chi connectivity index (χ1v) is 5.45. The van der Waals surface area contributed by atoms with Gasteiger partial charge in [-0.15, -0.1) is 0 Å². The van der Waals surface area contributed by atoms with Crippen LogP contribution in [0, 0.1) is 17.8 Å². The SMILES string of the molecule is CC(C)[C@H](CN)C1CCCCC1. The monoisotopic (exact) mass is 169 g/mol. The van der Waals surface area contributed by atoms with E-state index < -0.39 is 0 Å². The predicted molar refractivity (Wildman–Crippen MR) is 54.0 cm³/mol. The smallest absolute Gasteiger partial charge is 0.00438 e. The molecule has 0 aromatic carbocycles. The number of rotatable bonds is 3. The summed E-state index contributed by atoms with van der Waals surface area (Å²) >= 11 is 0. The standard InChI is InChI=1S/C11H23N/c1-9(2)11(8-12)10-6-4-3-5-7-10/h9-11H,3-8,12H2,1-2H3/t11-/m0/s1. The van der Waals surface area contributed by atoms with E-state index in [-0.39, 0.29) is 0 Å². The van der Waals surface area contributed by atoms with E-state index in [1.165, 1.54) is 32.1 Å². The Morgan fingerprint density at radius 2 is 1.75 bits per heavy atom. The molecular weight excluding hydrogens is 146 g/mol. The van der Waals surface area contributed by atoms with Gasteiger partial charge in [0.1, 0.15) is 0 Å². The van der Waals surface area contributed by atoms with Crippen LogP contribution in [0.15, 0.2) is 0 Å². The Kier molecular flexibility index (Phi) is 4.07. The Labute approximate surface area is 76.7 Å². The highest BCUT2D eigenvalue weighted by molar-refractivity contribution is 4.76. The second kappa shape index (κ2) is 4.86. The number of nitrogens with two attached hydrogens (primary N) is 1. The lowest BCUT2D eigenvalue weighted by molar-refractivity contribution is 0.202. The third-order valence-corrected chi connectivity index (χ3v) is 3.38. The zero-order chi connectivity index (χ0) is 8.97. The minimum Gasteiger partial charge on any atom is -0.330 e. The van der Waals surface area contributed by atoms with Gasteiger partial charge >= 0.3 is 0 Å². The molecule has 0 saturated heterocycles. The molecule has 1 aliphatic rings. The van der Waals surface area contributed by atoms with Gasteiger partial charge in [0.25, 0.3) is 0 Å². The fraction of sp³-hybridized carbons (Fsp3) is 1.00. The average molecular weight is 169 g/mol. The van der Waals surface area contributed by atoms with Crippen LogP contribution in [-0.4, -0.2) is 6.54 Å². The van der Waals surface area contributed by atoms with Crippen molar-refractivity contribution in [3.63, 3.8) is 0 Å². The maximum Gasteiger partial charge on any atom is -0.00438 e. The third-order valence-electron chi connectivity index (χ3n) is 3.38. The summed E-state index contributed by atoms with van der Waals surface area (Å²) in [5.41, 5.74) is 5.80. The Bertz CT molecular complexity index is 114. The van der Waals surface area contributed by atoms with E-state index in [0.29, 0.717) is 0 Å².